The van der Waals surface area contributed by atoms with E-state index in [9.17, 15) is 18.0 Å². The number of sulfone groups is 1. The number of fused-ring (bicyclic) bond motifs is 1. The Morgan fingerprint density at radius 3 is 2.87 bits per heavy atom. The number of nitrogens with zero attached hydrogens (tertiary/aromatic N) is 1. The summed E-state index contributed by atoms with van der Waals surface area (Å²) in [5.74, 6) is -0.431. The van der Waals surface area contributed by atoms with Crippen molar-refractivity contribution in [2.24, 2.45) is 0 Å². The van der Waals surface area contributed by atoms with Gasteiger partial charge < -0.3 is 10.3 Å². The van der Waals surface area contributed by atoms with E-state index in [4.69, 9.17) is 0 Å². The second kappa shape index (κ2) is 5.96. The molecule has 8 heteroatoms. The Labute approximate surface area is 132 Å². The van der Waals surface area contributed by atoms with Crippen LogP contribution in [0, 0.1) is 0 Å². The Bertz CT molecular complexity index is 947. The summed E-state index contributed by atoms with van der Waals surface area (Å²) in [5.41, 5.74) is 1.27. The molecule has 2 aromatic rings. The van der Waals surface area contributed by atoms with E-state index in [-0.39, 0.29) is 35.8 Å². The number of H-pyrrole nitrogens is 1. The van der Waals surface area contributed by atoms with Crippen molar-refractivity contribution in [1.29, 1.82) is 0 Å². The number of aromatic nitrogens is 2. The van der Waals surface area contributed by atoms with Gasteiger partial charge in [-0.3, -0.25) is 9.59 Å². The van der Waals surface area contributed by atoms with E-state index in [2.05, 4.69) is 15.3 Å². The number of para-hydroxylation sites is 2. The summed E-state index contributed by atoms with van der Waals surface area (Å²) in [5, 5.41) is 3.72. The van der Waals surface area contributed by atoms with E-state index in [1.807, 2.05) is 6.07 Å². The predicted octanol–water partition coefficient (Wildman–Crippen LogP) is 0.283. The zero-order valence-electron chi connectivity index (χ0n) is 12.2. The minimum absolute atomic E-state index is 0.0683. The lowest BCUT2D eigenvalue weighted by atomic mass is 10.2. The topological polar surface area (TPSA) is 109 Å². The van der Waals surface area contributed by atoms with Crippen molar-refractivity contribution in [3.63, 3.8) is 0 Å². The van der Waals surface area contributed by atoms with Crippen LogP contribution >= 0.6 is 0 Å². The number of hydrogen-bond donors (Lipinski definition) is 2. The Hall–Kier alpha value is -2.48. The molecule has 0 aliphatic carbocycles. The van der Waals surface area contributed by atoms with Gasteiger partial charge in [0.2, 0.25) is 5.91 Å². The summed E-state index contributed by atoms with van der Waals surface area (Å²) in [6.45, 7) is 0. The molecule has 0 radical (unpaired) electrons. The van der Waals surface area contributed by atoms with Crippen molar-refractivity contribution in [3.8, 4) is 0 Å². The molecule has 1 amide bonds. The van der Waals surface area contributed by atoms with E-state index >= 15 is 0 Å². The molecule has 2 heterocycles. The summed E-state index contributed by atoms with van der Waals surface area (Å²) in [4.78, 5) is 30.8. The number of hydrogen-bond acceptors (Lipinski definition) is 5. The molecule has 0 unspecified atom stereocenters. The third-order valence-electron chi connectivity index (χ3n) is 3.54. The van der Waals surface area contributed by atoms with Crippen LogP contribution in [0.3, 0.4) is 0 Å². The van der Waals surface area contributed by atoms with E-state index < -0.39 is 15.9 Å². The molecule has 0 saturated heterocycles. The fourth-order valence-corrected chi connectivity index (χ4v) is 3.65. The fraction of sp³-hybridized carbons (Fsp3) is 0.267. The highest BCUT2D eigenvalue weighted by Gasteiger charge is 2.22. The summed E-state index contributed by atoms with van der Waals surface area (Å²) in [7, 11) is -3.20. The van der Waals surface area contributed by atoms with Gasteiger partial charge in [-0.1, -0.05) is 12.1 Å². The maximum atomic E-state index is 11.9. The smallest absolute Gasteiger partial charge is 0.270 e. The highest BCUT2D eigenvalue weighted by Crippen LogP contribution is 2.09. The Balaban J connectivity index is 1.64. The highest BCUT2D eigenvalue weighted by molar-refractivity contribution is 7.94. The van der Waals surface area contributed by atoms with Crippen molar-refractivity contribution in [1.82, 2.24) is 15.3 Å². The molecule has 0 spiro atoms. The number of aromatic amines is 1. The average molecular weight is 333 g/mol. The largest absolute Gasteiger partial charge is 0.349 e. The van der Waals surface area contributed by atoms with E-state index in [0.29, 0.717) is 11.0 Å². The Morgan fingerprint density at radius 1 is 1.35 bits per heavy atom. The van der Waals surface area contributed by atoms with Gasteiger partial charge >= 0.3 is 0 Å². The fourth-order valence-electron chi connectivity index (χ4n) is 2.41. The number of amides is 1. The first-order chi connectivity index (χ1) is 10.9. The number of nitrogens with one attached hydrogen (secondary N) is 2. The first kappa shape index (κ1) is 15.4. The summed E-state index contributed by atoms with van der Waals surface area (Å²) >= 11 is 0. The van der Waals surface area contributed by atoms with Crippen LogP contribution in [-0.4, -0.2) is 36.1 Å². The SMILES string of the molecule is O=C(CCc1nc2ccccc2[nH]c1=O)N[C@H]1C=CS(=O)(=O)C1. The summed E-state index contributed by atoms with van der Waals surface area (Å²) in [6, 6.07) is 6.65. The molecule has 1 aliphatic heterocycles. The first-order valence-electron chi connectivity index (χ1n) is 7.11. The van der Waals surface area contributed by atoms with E-state index in [1.54, 1.807) is 18.2 Å². The summed E-state index contributed by atoms with van der Waals surface area (Å²) in [6.07, 6.45) is 1.71. The molecule has 1 aromatic carbocycles. The highest BCUT2D eigenvalue weighted by atomic mass is 32.2. The van der Waals surface area contributed by atoms with Gasteiger partial charge in [-0.05, 0) is 18.2 Å². The van der Waals surface area contributed by atoms with E-state index in [1.165, 1.54) is 6.08 Å². The van der Waals surface area contributed by atoms with E-state index in [0.717, 1.165) is 5.41 Å². The number of rotatable bonds is 4. The van der Waals surface area contributed by atoms with Gasteiger partial charge in [-0.2, -0.15) is 0 Å². The summed E-state index contributed by atoms with van der Waals surface area (Å²) < 4.78 is 22.6. The van der Waals surface area contributed by atoms with Crippen LogP contribution in [-0.2, 0) is 21.1 Å². The Morgan fingerprint density at radius 2 is 2.13 bits per heavy atom. The second-order valence-electron chi connectivity index (χ2n) is 5.36. The van der Waals surface area contributed by atoms with Gasteiger partial charge in [-0.15, -0.1) is 0 Å². The lowest BCUT2D eigenvalue weighted by Crippen LogP contribution is -2.35. The molecular formula is C15H15N3O4S. The quantitative estimate of drug-likeness (QED) is 0.835. The normalized spacial score (nSPS) is 19.0. The molecule has 1 aromatic heterocycles. The van der Waals surface area contributed by atoms with Crippen molar-refractivity contribution in [2.45, 2.75) is 18.9 Å². The van der Waals surface area contributed by atoms with Crippen LogP contribution < -0.4 is 10.9 Å². The molecule has 1 atom stereocenters. The van der Waals surface area contributed by atoms with Gasteiger partial charge in [0.15, 0.2) is 9.84 Å². The van der Waals surface area contributed by atoms with Gasteiger partial charge in [0.25, 0.3) is 5.56 Å². The maximum Gasteiger partial charge on any atom is 0.270 e. The lowest BCUT2D eigenvalue weighted by Gasteiger charge is -2.09. The molecular weight excluding hydrogens is 318 g/mol. The minimum Gasteiger partial charge on any atom is -0.349 e. The molecule has 120 valence electrons. The molecule has 1 aliphatic rings. The number of aryl methyl sites for hydroxylation is 1. The van der Waals surface area contributed by atoms with Gasteiger partial charge in [-0.25, -0.2) is 13.4 Å². The predicted molar refractivity (Wildman–Crippen MR) is 85.5 cm³/mol. The number of carbonyl (C=O) groups excluding carboxylic acids is 1. The van der Waals surface area contributed by atoms with Crippen molar-refractivity contribution < 1.29 is 13.2 Å². The molecule has 23 heavy (non-hydrogen) atoms. The van der Waals surface area contributed by atoms with Crippen LogP contribution in [0.4, 0.5) is 0 Å². The lowest BCUT2D eigenvalue weighted by molar-refractivity contribution is -0.121. The zero-order chi connectivity index (χ0) is 16.4. The minimum atomic E-state index is -3.20. The molecule has 0 bridgehead atoms. The Kier molecular flexibility index (Phi) is 3.99. The van der Waals surface area contributed by atoms with Gasteiger partial charge in [0.05, 0.1) is 22.8 Å². The van der Waals surface area contributed by atoms with Crippen LogP contribution in [0.15, 0.2) is 40.5 Å². The molecule has 0 saturated carbocycles. The monoisotopic (exact) mass is 333 g/mol. The first-order valence-corrected chi connectivity index (χ1v) is 8.83. The standard InChI is InChI=1S/C15H15N3O4S/c19-14(16-10-7-8-23(21,22)9-10)6-5-13-15(20)18-12-4-2-1-3-11(12)17-13/h1-4,7-8,10H,5-6,9H2,(H,16,19)(H,18,20)/t10-/m0/s1. The van der Waals surface area contributed by atoms with Crippen LogP contribution in [0.5, 0.6) is 0 Å². The van der Waals surface area contributed by atoms with Gasteiger partial charge in [0.1, 0.15) is 5.69 Å². The number of carbonyl (C=O) groups is 1. The molecule has 0 fully saturated rings. The van der Waals surface area contributed by atoms with Crippen LogP contribution in [0.1, 0.15) is 12.1 Å². The average Bonchev–Trinajstić information content (AvgIpc) is 2.84. The third kappa shape index (κ3) is 3.65. The van der Waals surface area contributed by atoms with Crippen LogP contribution in [0.2, 0.25) is 0 Å². The van der Waals surface area contributed by atoms with Gasteiger partial charge in [0, 0.05) is 18.2 Å². The number of benzene rings is 1. The maximum absolute atomic E-state index is 11.9. The second-order valence-corrected chi connectivity index (χ2v) is 7.29. The van der Waals surface area contributed by atoms with Crippen molar-refractivity contribution in [2.75, 3.05) is 5.75 Å². The molecule has 2 N–H and O–H groups in total. The van der Waals surface area contributed by atoms with Crippen molar-refractivity contribution >= 4 is 26.8 Å². The van der Waals surface area contributed by atoms with Crippen LogP contribution in [0.25, 0.3) is 11.0 Å². The third-order valence-corrected chi connectivity index (χ3v) is 4.93. The molecule has 3 rings (SSSR count). The zero-order valence-corrected chi connectivity index (χ0v) is 13.0. The van der Waals surface area contributed by atoms with Crippen molar-refractivity contribution in [3.05, 3.63) is 51.8 Å². The molecule has 7 nitrogen and oxygen atoms in total.